The van der Waals surface area contributed by atoms with Gasteiger partial charge < -0.3 is 10.5 Å². The quantitative estimate of drug-likeness (QED) is 0.877. The van der Waals surface area contributed by atoms with Crippen molar-refractivity contribution in [1.29, 1.82) is 0 Å². The molecule has 5 nitrogen and oxygen atoms in total. The molecule has 2 rings (SSSR count). The molecular weight excluding hydrogens is 284 g/mol. The summed E-state index contributed by atoms with van der Waals surface area (Å²) in [7, 11) is 0. The topological polar surface area (TPSA) is 82.3 Å². The number of aryl methyl sites for hydroxylation is 1. The van der Waals surface area contributed by atoms with E-state index in [9.17, 15) is 9.59 Å². The SMILES string of the molecule is Cc1nc(-c2cccs2)sc1C(=O)O[C@H](C)C(N)=O. The number of aromatic nitrogens is 1. The van der Waals surface area contributed by atoms with Gasteiger partial charge >= 0.3 is 5.97 Å². The van der Waals surface area contributed by atoms with Crippen molar-refractivity contribution in [3.63, 3.8) is 0 Å². The van der Waals surface area contributed by atoms with Crippen LogP contribution in [0.5, 0.6) is 0 Å². The lowest BCUT2D eigenvalue weighted by Gasteiger charge is -2.08. The number of hydrogen-bond acceptors (Lipinski definition) is 6. The minimum atomic E-state index is -0.945. The first kappa shape index (κ1) is 13.7. The highest BCUT2D eigenvalue weighted by atomic mass is 32.1. The molecule has 0 bridgehead atoms. The number of rotatable bonds is 4. The zero-order chi connectivity index (χ0) is 14.0. The van der Waals surface area contributed by atoms with E-state index in [-0.39, 0.29) is 0 Å². The van der Waals surface area contributed by atoms with Crippen LogP contribution in [0.3, 0.4) is 0 Å². The number of nitrogens with two attached hydrogens (primary N) is 1. The minimum Gasteiger partial charge on any atom is -0.448 e. The number of nitrogens with zero attached hydrogens (tertiary/aromatic N) is 1. The summed E-state index contributed by atoms with van der Waals surface area (Å²) in [5.41, 5.74) is 5.65. The van der Waals surface area contributed by atoms with Gasteiger partial charge in [-0.3, -0.25) is 4.79 Å². The Morgan fingerprint density at radius 1 is 1.47 bits per heavy atom. The molecule has 7 heteroatoms. The van der Waals surface area contributed by atoms with Gasteiger partial charge in [-0.1, -0.05) is 6.07 Å². The van der Waals surface area contributed by atoms with E-state index in [1.807, 2.05) is 17.5 Å². The maximum Gasteiger partial charge on any atom is 0.351 e. The summed E-state index contributed by atoms with van der Waals surface area (Å²) < 4.78 is 4.97. The van der Waals surface area contributed by atoms with Crippen LogP contribution in [0, 0.1) is 6.92 Å². The second-order valence-corrected chi connectivity index (χ2v) is 5.81. The zero-order valence-electron chi connectivity index (χ0n) is 10.4. The third kappa shape index (κ3) is 2.99. The maximum absolute atomic E-state index is 11.9. The van der Waals surface area contributed by atoms with E-state index in [4.69, 9.17) is 10.5 Å². The Morgan fingerprint density at radius 2 is 2.21 bits per heavy atom. The largest absolute Gasteiger partial charge is 0.448 e. The highest BCUT2D eigenvalue weighted by molar-refractivity contribution is 7.22. The molecule has 0 aliphatic rings. The van der Waals surface area contributed by atoms with Crippen molar-refractivity contribution in [3.05, 3.63) is 28.1 Å². The Balaban J connectivity index is 2.21. The second kappa shape index (κ2) is 5.50. The van der Waals surface area contributed by atoms with Crippen molar-refractivity contribution in [3.8, 4) is 9.88 Å². The molecule has 0 saturated heterocycles. The number of esters is 1. The maximum atomic E-state index is 11.9. The van der Waals surface area contributed by atoms with Gasteiger partial charge in [0.05, 0.1) is 10.6 Å². The Hall–Kier alpha value is -1.73. The number of thiophene rings is 1. The number of carbonyl (C=O) groups is 2. The number of hydrogen-bond donors (Lipinski definition) is 1. The van der Waals surface area contributed by atoms with Crippen molar-refractivity contribution < 1.29 is 14.3 Å². The fraction of sp³-hybridized carbons (Fsp3) is 0.250. The van der Waals surface area contributed by atoms with E-state index in [1.165, 1.54) is 18.3 Å². The van der Waals surface area contributed by atoms with Crippen LogP contribution in [-0.2, 0) is 9.53 Å². The Bertz CT molecular complexity index is 605. The highest BCUT2D eigenvalue weighted by Crippen LogP contribution is 2.31. The molecule has 19 heavy (non-hydrogen) atoms. The molecular formula is C12H12N2O3S2. The van der Waals surface area contributed by atoms with Crippen molar-refractivity contribution in [1.82, 2.24) is 4.98 Å². The highest BCUT2D eigenvalue weighted by Gasteiger charge is 2.21. The molecule has 0 aromatic carbocycles. The van der Waals surface area contributed by atoms with E-state index in [2.05, 4.69) is 4.98 Å². The first-order valence-electron chi connectivity index (χ1n) is 5.50. The first-order chi connectivity index (χ1) is 8.99. The molecule has 2 aromatic heterocycles. The van der Waals surface area contributed by atoms with Gasteiger partial charge in [0.15, 0.2) is 6.10 Å². The molecule has 0 spiro atoms. The number of carbonyl (C=O) groups excluding carboxylic acids is 2. The minimum absolute atomic E-state index is 0.400. The van der Waals surface area contributed by atoms with Gasteiger partial charge in [0.2, 0.25) is 0 Å². The summed E-state index contributed by atoms with van der Waals surface area (Å²) in [5, 5.41) is 2.71. The molecule has 1 atom stereocenters. The van der Waals surface area contributed by atoms with E-state index in [0.717, 1.165) is 9.88 Å². The number of ether oxygens (including phenoxy) is 1. The monoisotopic (exact) mass is 296 g/mol. The van der Waals surface area contributed by atoms with Crippen molar-refractivity contribution in [2.45, 2.75) is 20.0 Å². The van der Waals surface area contributed by atoms with E-state index >= 15 is 0 Å². The summed E-state index contributed by atoms with van der Waals surface area (Å²) in [4.78, 5) is 28.5. The van der Waals surface area contributed by atoms with E-state index < -0.39 is 18.0 Å². The predicted octanol–water partition coefficient (Wildman–Crippen LogP) is 2.21. The van der Waals surface area contributed by atoms with Crippen LogP contribution >= 0.6 is 22.7 Å². The Morgan fingerprint density at radius 3 is 2.79 bits per heavy atom. The zero-order valence-corrected chi connectivity index (χ0v) is 12.0. The fourth-order valence-electron chi connectivity index (χ4n) is 1.36. The molecule has 0 aliphatic heterocycles. The van der Waals surface area contributed by atoms with Crippen LogP contribution in [0.4, 0.5) is 0 Å². The summed E-state index contributed by atoms with van der Waals surface area (Å²) in [6.45, 7) is 3.18. The summed E-state index contributed by atoms with van der Waals surface area (Å²) in [5.74, 6) is -1.24. The van der Waals surface area contributed by atoms with Gasteiger partial charge in [-0.25, -0.2) is 9.78 Å². The van der Waals surface area contributed by atoms with Crippen LogP contribution in [-0.4, -0.2) is 23.0 Å². The summed E-state index contributed by atoms with van der Waals surface area (Å²) in [6.07, 6.45) is -0.945. The molecule has 1 amide bonds. The van der Waals surface area contributed by atoms with Crippen molar-refractivity contribution >= 4 is 34.6 Å². The average molecular weight is 296 g/mol. The lowest BCUT2D eigenvalue weighted by Crippen LogP contribution is -2.30. The molecule has 0 radical (unpaired) electrons. The molecule has 100 valence electrons. The van der Waals surface area contributed by atoms with Crippen molar-refractivity contribution in [2.24, 2.45) is 5.73 Å². The first-order valence-corrected chi connectivity index (χ1v) is 7.20. The van der Waals surface area contributed by atoms with Crippen LogP contribution < -0.4 is 5.73 Å². The molecule has 2 heterocycles. The van der Waals surface area contributed by atoms with Gasteiger partial charge in [-0.05, 0) is 25.3 Å². The number of primary amides is 1. The van der Waals surface area contributed by atoms with Gasteiger partial charge in [0, 0.05) is 0 Å². The lowest BCUT2D eigenvalue weighted by atomic mass is 10.3. The van der Waals surface area contributed by atoms with Crippen molar-refractivity contribution in [2.75, 3.05) is 0 Å². The molecule has 0 unspecified atom stereocenters. The fourth-order valence-corrected chi connectivity index (χ4v) is 3.11. The normalized spacial score (nSPS) is 12.1. The smallest absolute Gasteiger partial charge is 0.351 e. The number of thiazole rings is 1. The standard InChI is InChI=1S/C12H12N2O3S2/c1-6-9(12(16)17-7(2)10(13)15)19-11(14-6)8-4-3-5-18-8/h3-5,7H,1-2H3,(H2,13,15)/t7-/m1/s1. The Kier molecular flexibility index (Phi) is 3.96. The lowest BCUT2D eigenvalue weighted by molar-refractivity contribution is -0.125. The molecule has 2 aromatic rings. The predicted molar refractivity (Wildman–Crippen MR) is 74.2 cm³/mol. The third-order valence-electron chi connectivity index (χ3n) is 2.40. The van der Waals surface area contributed by atoms with Crippen LogP contribution in [0.25, 0.3) is 9.88 Å². The molecule has 2 N–H and O–H groups in total. The van der Waals surface area contributed by atoms with Gasteiger partial charge in [0.25, 0.3) is 5.91 Å². The van der Waals surface area contributed by atoms with Crippen LogP contribution in [0.2, 0.25) is 0 Å². The molecule has 0 aliphatic carbocycles. The van der Waals surface area contributed by atoms with E-state index in [0.29, 0.717) is 10.6 Å². The Labute approximate surface area is 118 Å². The van der Waals surface area contributed by atoms with Crippen LogP contribution in [0.1, 0.15) is 22.3 Å². The number of amides is 1. The third-order valence-corrected chi connectivity index (χ3v) is 4.57. The van der Waals surface area contributed by atoms with Crippen LogP contribution in [0.15, 0.2) is 17.5 Å². The van der Waals surface area contributed by atoms with Gasteiger partial charge in [-0.2, -0.15) is 0 Å². The molecule has 0 fully saturated rings. The average Bonchev–Trinajstić information content (AvgIpc) is 2.96. The summed E-state index contributed by atoms with van der Waals surface area (Å²) >= 11 is 2.80. The molecule has 0 saturated carbocycles. The van der Waals surface area contributed by atoms with Gasteiger partial charge in [-0.15, -0.1) is 22.7 Å². The van der Waals surface area contributed by atoms with Gasteiger partial charge in [0.1, 0.15) is 9.88 Å². The van der Waals surface area contributed by atoms with E-state index in [1.54, 1.807) is 18.3 Å². The summed E-state index contributed by atoms with van der Waals surface area (Å²) in [6, 6.07) is 3.86. The second-order valence-electron chi connectivity index (χ2n) is 3.86.